The molecule has 1 aliphatic rings. The number of carbonyl (C=O) groups is 1. The summed E-state index contributed by atoms with van der Waals surface area (Å²) in [4.78, 5) is 11.0. The molecule has 0 heterocycles. The molecular formula is C11H20O2. The van der Waals surface area contributed by atoms with Crippen LogP contribution in [0.5, 0.6) is 0 Å². The predicted molar refractivity (Wildman–Crippen MR) is 52.6 cm³/mol. The van der Waals surface area contributed by atoms with Crippen LogP contribution in [-0.4, -0.2) is 18.0 Å². The molecule has 1 aliphatic carbocycles. The van der Waals surface area contributed by atoms with E-state index >= 15 is 0 Å². The zero-order valence-electron chi connectivity index (χ0n) is 8.88. The van der Waals surface area contributed by atoms with Gasteiger partial charge in [-0.15, -0.1) is 0 Å². The highest BCUT2D eigenvalue weighted by molar-refractivity contribution is 5.79. The lowest BCUT2D eigenvalue weighted by molar-refractivity contribution is -0.132. The average molecular weight is 184 g/mol. The summed E-state index contributed by atoms with van der Waals surface area (Å²) in [7, 11) is 0. The number of hydrogen-bond acceptors (Lipinski definition) is 2. The minimum atomic E-state index is -0.213. The van der Waals surface area contributed by atoms with E-state index in [1.165, 1.54) is 12.8 Å². The van der Waals surface area contributed by atoms with Crippen LogP contribution < -0.4 is 0 Å². The van der Waals surface area contributed by atoms with E-state index in [-0.39, 0.29) is 11.9 Å². The topological polar surface area (TPSA) is 26.3 Å². The van der Waals surface area contributed by atoms with Gasteiger partial charge in [-0.3, -0.25) is 4.79 Å². The number of ketones is 1. The molecule has 0 bridgehead atoms. The molecular weight excluding hydrogens is 164 g/mol. The highest BCUT2D eigenvalue weighted by Gasteiger charge is 2.22. The summed E-state index contributed by atoms with van der Waals surface area (Å²) in [6, 6.07) is 0. The van der Waals surface area contributed by atoms with Crippen molar-refractivity contribution >= 4 is 5.78 Å². The Labute approximate surface area is 80.7 Å². The Morgan fingerprint density at radius 3 is 2.69 bits per heavy atom. The van der Waals surface area contributed by atoms with Crippen LogP contribution in [0.25, 0.3) is 0 Å². The van der Waals surface area contributed by atoms with Gasteiger partial charge in [-0.05, 0) is 32.6 Å². The van der Waals surface area contributed by atoms with E-state index in [0.717, 1.165) is 18.8 Å². The zero-order valence-corrected chi connectivity index (χ0v) is 8.88. The van der Waals surface area contributed by atoms with Gasteiger partial charge in [0.15, 0.2) is 5.78 Å². The Hall–Kier alpha value is -0.370. The summed E-state index contributed by atoms with van der Waals surface area (Å²) < 4.78 is 5.67. The maximum absolute atomic E-state index is 11.0. The highest BCUT2D eigenvalue weighted by Crippen LogP contribution is 2.26. The van der Waals surface area contributed by atoms with Crippen LogP contribution in [0.2, 0.25) is 0 Å². The first-order chi connectivity index (χ1) is 6.09. The second kappa shape index (κ2) is 4.75. The summed E-state index contributed by atoms with van der Waals surface area (Å²) in [6.45, 7) is 5.70. The molecule has 2 nitrogen and oxygen atoms in total. The van der Waals surface area contributed by atoms with Gasteiger partial charge in [0.1, 0.15) is 6.10 Å². The summed E-state index contributed by atoms with van der Waals surface area (Å²) >= 11 is 0. The van der Waals surface area contributed by atoms with Crippen molar-refractivity contribution in [1.82, 2.24) is 0 Å². The quantitative estimate of drug-likeness (QED) is 0.673. The fourth-order valence-corrected chi connectivity index (χ4v) is 1.89. The van der Waals surface area contributed by atoms with Gasteiger partial charge < -0.3 is 4.74 Å². The van der Waals surface area contributed by atoms with E-state index in [0.29, 0.717) is 6.10 Å². The Balaban J connectivity index is 2.31. The molecule has 0 aromatic rings. The molecule has 0 saturated heterocycles. The molecule has 0 spiro atoms. The van der Waals surface area contributed by atoms with Crippen LogP contribution in [0.4, 0.5) is 0 Å². The molecule has 0 N–H and O–H groups in total. The molecule has 1 rings (SSSR count). The predicted octanol–water partition coefficient (Wildman–Crippen LogP) is 2.56. The van der Waals surface area contributed by atoms with E-state index in [9.17, 15) is 4.79 Å². The fraction of sp³-hybridized carbons (Fsp3) is 0.909. The van der Waals surface area contributed by atoms with Crippen molar-refractivity contribution in [2.75, 3.05) is 0 Å². The first kappa shape index (κ1) is 10.7. The first-order valence-corrected chi connectivity index (χ1v) is 5.25. The smallest absolute Gasteiger partial charge is 0.158 e. The standard InChI is InChI=1S/C11H20O2/c1-8-5-4-6-11(7-8)13-10(3)9(2)12/h8,10-11H,4-7H2,1-3H3. The van der Waals surface area contributed by atoms with Gasteiger partial charge in [0, 0.05) is 0 Å². The minimum Gasteiger partial charge on any atom is -0.368 e. The maximum atomic E-state index is 11.0. The summed E-state index contributed by atoms with van der Waals surface area (Å²) in [5.41, 5.74) is 0. The lowest BCUT2D eigenvalue weighted by Crippen LogP contribution is -2.28. The molecule has 0 aromatic heterocycles. The number of rotatable bonds is 3. The molecule has 3 unspecified atom stereocenters. The van der Waals surface area contributed by atoms with E-state index in [4.69, 9.17) is 4.74 Å². The van der Waals surface area contributed by atoms with E-state index in [2.05, 4.69) is 6.92 Å². The third kappa shape index (κ3) is 3.47. The van der Waals surface area contributed by atoms with Gasteiger partial charge in [0.2, 0.25) is 0 Å². The summed E-state index contributed by atoms with van der Waals surface area (Å²) in [6.07, 6.45) is 4.92. The van der Waals surface area contributed by atoms with Crippen LogP contribution in [0.3, 0.4) is 0 Å². The Kier molecular flexibility index (Phi) is 3.91. The van der Waals surface area contributed by atoms with Crippen molar-refractivity contribution < 1.29 is 9.53 Å². The summed E-state index contributed by atoms with van der Waals surface area (Å²) in [5.74, 6) is 0.899. The number of hydrogen-bond donors (Lipinski definition) is 0. The van der Waals surface area contributed by atoms with Gasteiger partial charge in [0.05, 0.1) is 6.10 Å². The molecule has 1 fully saturated rings. The average Bonchev–Trinajstić information content (AvgIpc) is 2.04. The molecule has 0 aliphatic heterocycles. The van der Waals surface area contributed by atoms with Crippen LogP contribution in [-0.2, 0) is 9.53 Å². The largest absolute Gasteiger partial charge is 0.368 e. The molecule has 76 valence electrons. The highest BCUT2D eigenvalue weighted by atomic mass is 16.5. The number of carbonyl (C=O) groups excluding carboxylic acids is 1. The van der Waals surface area contributed by atoms with Crippen LogP contribution >= 0.6 is 0 Å². The monoisotopic (exact) mass is 184 g/mol. The van der Waals surface area contributed by atoms with Gasteiger partial charge >= 0.3 is 0 Å². The van der Waals surface area contributed by atoms with Gasteiger partial charge in [-0.25, -0.2) is 0 Å². The molecule has 3 atom stereocenters. The second-order valence-corrected chi connectivity index (χ2v) is 4.28. The number of Topliss-reactive ketones (excluding diaryl/α,β-unsaturated/α-hetero) is 1. The SMILES string of the molecule is CC(=O)C(C)OC1CCCC(C)C1. The van der Waals surface area contributed by atoms with E-state index in [1.54, 1.807) is 6.92 Å². The first-order valence-electron chi connectivity index (χ1n) is 5.25. The van der Waals surface area contributed by atoms with Gasteiger partial charge in [-0.1, -0.05) is 19.8 Å². The van der Waals surface area contributed by atoms with Crippen molar-refractivity contribution in [2.24, 2.45) is 5.92 Å². The van der Waals surface area contributed by atoms with Crippen LogP contribution in [0.1, 0.15) is 46.5 Å². The Bertz CT molecular complexity index is 177. The Morgan fingerprint density at radius 1 is 1.46 bits per heavy atom. The molecule has 13 heavy (non-hydrogen) atoms. The summed E-state index contributed by atoms with van der Waals surface area (Å²) in [5, 5.41) is 0. The zero-order chi connectivity index (χ0) is 9.84. The van der Waals surface area contributed by atoms with Crippen molar-refractivity contribution in [3.63, 3.8) is 0 Å². The lowest BCUT2D eigenvalue weighted by atomic mass is 9.88. The number of ether oxygens (including phenoxy) is 1. The lowest BCUT2D eigenvalue weighted by Gasteiger charge is -2.28. The molecule has 2 heteroatoms. The van der Waals surface area contributed by atoms with Crippen molar-refractivity contribution in [2.45, 2.75) is 58.7 Å². The van der Waals surface area contributed by atoms with E-state index in [1.807, 2.05) is 6.92 Å². The maximum Gasteiger partial charge on any atom is 0.158 e. The van der Waals surface area contributed by atoms with E-state index < -0.39 is 0 Å². The third-order valence-corrected chi connectivity index (χ3v) is 2.86. The minimum absolute atomic E-state index is 0.137. The van der Waals surface area contributed by atoms with Gasteiger partial charge in [-0.2, -0.15) is 0 Å². The Morgan fingerprint density at radius 2 is 2.15 bits per heavy atom. The van der Waals surface area contributed by atoms with Gasteiger partial charge in [0.25, 0.3) is 0 Å². The van der Waals surface area contributed by atoms with Crippen molar-refractivity contribution in [1.29, 1.82) is 0 Å². The second-order valence-electron chi connectivity index (χ2n) is 4.28. The van der Waals surface area contributed by atoms with Crippen LogP contribution in [0.15, 0.2) is 0 Å². The molecule has 0 amide bonds. The normalized spacial score (nSPS) is 31.3. The molecule has 0 radical (unpaired) electrons. The molecule has 0 aromatic carbocycles. The third-order valence-electron chi connectivity index (χ3n) is 2.86. The van der Waals surface area contributed by atoms with Crippen molar-refractivity contribution in [3.8, 4) is 0 Å². The van der Waals surface area contributed by atoms with Crippen molar-refractivity contribution in [3.05, 3.63) is 0 Å². The molecule has 1 saturated carbocycles. The van der Waals surface area contributed by atoms with Crippen LogP contribution in [0, 0.1) is 5.92 Å². The fourth-order valence-electron chi connectivity index (χ4n) is 1.89.